The van der Waals surface area contributed by atoms with Crippen LogP contribution < -0.4 is 5.32 Å². The highest BCUT2D eigenvalue weighted by atomic mass is 35.5. The van der Waals surface area contributed by atoms with E-state index in [0.29, 0.717) is 6.20 Å². The second-order valence-electron chi connectivity index (χ2n) is 3.55. The second kappa shape index (κ2) is 4.93. The highest BCUT2D eigenvalue weighted by molar-refractivity contribution is 6.33. The number of aromatic nitrogens is 2. The van der Waals surface area contributed by atoms with Gasteiger partial charge < -0.3 is 10.4 Å². The molecular formula is C11H7ClF3N3O. The summed E-state index contributed by atoms with van der Waals surface area (Å²) in [5.41, 5.74) is -0.951. The van der Waals surface area contributed by atoms with Crippen LogP contribution in [0.2, 0.25) is 5.02 Å². The van der Waals surface area contributed by atoms with Crippen LogP contribution >= 0.6 is 11.6 Å². The molecule has 19 heavy (non-hydrogen) atoms. The summed E-state index contributed by atoms with van der Waals surface area (Å²) in [5, 5.41) is 11.8. The van der Waals surface area contributed by atoms with Crippen LogP contribution in [-0.4, -0.2) is 15.1 Å². The zero-order valence-corrected chi connectivity index (χ0v) is 10.00. The molecule has 2 N–H and O–H groups in total. The lowest BCUT2D eigenvalue weighted by Crippen LogP contribution is -2.06. The molecule has 0 aromatic carbocycles. The van der Waals surface area contributed by atoms with Crippen LogP contribution in [0.5, 0.6) is 5.75 Å². The van der Waals surface area contributed by atoms with Gasteiger partial charge in [0, 0.05) is 12.4 Å². The van der Waals surface area contributed by atoms with Crippen LogP contribution in [-0.2, 0) is 6.18 Å². The molecule has 2 aromatic heterocycles. The Morgan fingerprint density at radius 1 is 1.21 bits per heavy atom. The molecular weight excluding hydrogens is 283 g/mol. The van der Waals surface area contributed by atoms with Crippen LogP contribution in [0.3, 0.4) is 0 Å². The van der Waals surface area contributed by atoms with E-state index in [2.05, 4.69) is 15.3 Å². The Balaban J connectivity index is 2.30. The van der Waals surface area contributed by atoms with Gasteiger partial charge in [-0.25, -0.2) is 9.97 Å². The number of nitrogens with one attached hydrogen (secondary N) is 1. The van der Waals surface area contributed by atoms with Crippen molar-refractivity contribution >= 4 is 23.2 Å². The Bertz CT molecular complexity index is 604. The molecule has 0 aliphatic carbocycles. The lowest BCUT2D eigenvalue weighted by atomic mass is 10.3. The molecule has 0 fully saturated rings. The minimum atomic E-state index is -4.51. The maximum Gasteiger partial charge on any atom is 0.417 e. The average Bonchev–Trinajstić information content (AvgIpc) is 2.33. The van der Waals surface area contributed by atoms with Crippen LogP contribution in [0.25, 0.3) is 0 Å². The topological polar surface area (TPSA) is 58.0 Å². The zero-order chi connectivity index (χ0) is 14.0. The van der Waals surface area contributed by atoms with Gasteiger partial charge in [0.05, 0.1) is 10.6 Å². The first-order valence-electron chi connectivity index (χ1n) is 5.01. The SMILES string of the molecule is Oc1cccnc1Nc1ncc(C(F)(F)F)cc1Cl. The smallest absolute Gasteiger partial charge is 0.417 e. The predicted octanol–water partition coefficient (Wildman–Crippen LogP) is 3.60. The van der Waals surface area contributed by atoms with E-state index in [1.54, 1.807) is 0 Å². The van der Waals surface area contributed by atoms with Crippen LogP contribution in [0.4, 0.5) is 24.8 Å². The largest absolute Gasteiger partial charge is 0.504 e. The summed E-state index contributed by atoms with van der Waals surface area (Å²) < 4.78 is 37.3. The van der Waals surface area contributed by atoms with Crippen molar-refractivity contribution in [2.24, 2.45) is 0 Å². The first kappa shape index (κ1) is 13.4. The normalized spacial score (nSPS) is 11.4. The highest BCUT2D eigenvalue weighted by Gasteiger charge is 2.31. The number of nitrogens with zero attached hydrogens (tertiary/aromatic N) is 2. The number of hydrogen-bond acceptors (Lipinski definition) is 4. The quantitative estimate of drug-likeness (QED) is 0.887. The summed E-state index contributed by atoms with van der Waals surface area (Å²) >= 11 is 5.70. The minimum Gasteiger partial charge on any atom is -0.504 e. The fourth-order valence-corrected chi connectivity index (χ4v) is 1.50. The van der Waals surface area contributed by atoms with E-state index in [1.165, 1.54) is 18.3 Å². The summed E-state index contributed by atoms with van der Waals surface area (Å²) in [6.07, 6.45) is -2.46. The van der Waals surface area contributed by atoms with E-state index in [9.17, 15) is 18.3 Å². The molecule has 0 radical (unpaired) electrons. The molecule has 2 rings (SSSR count). The minimum absolute atomic E-state index is 0.0244. The van der Waals surface area contributed by atoms with Gasteiger partial charge >= 0.3 is 6.18 Å². The maximum atomic E-state index is 12.4. The van der Waals surface area contributed by atoms with Gasteiger partial charge in [0.25, 0.3) is 0 Å². The third kappa shape index (κ3) is 3.05. The molecule has 0 bridgehead atoms. The van der Waals surface area contributed by atoms with Gasteiger partial charge in [-0.1, -0.05) is 11.6 Å². The number of halogens is 4. The molecule has 0 unspecified atom stereocenters. The molecule has 8 heteroatoms. The summed E-state index contributed by atoms with van der Waals surface area (Å²) in [6, 6.07) is 3.62. The van der Waals surface area contributed by atoms with E-state index >= 15 is 0 Å². The lowest BCUT2D eigenvalue weighted by Gasteiger charge is -2.10. The number of hydrogen-bond donors (Lipinski definition) is 2. The van der Waals surface area contributed by atoms with Gasteiger partial charge in [-0.15, -0.1) is 0 Å². The Morgan fingerprint density at radius 3 is 2.53 bits per heavy atom. The number of rotatable bonds is 2. The van der Waals surface area contributed by atoms with Crippen molar-refractivity contribution in [2.75, 3.05) is 5.32 Å². The van der Waals surface area contributed by atoms with Gasteiger partial charge in [0.15, 0.2) is 11.6 Å². The first-order valence-corrected chi connectivity index (χ1v) is 5.39. The van der Waals surface area contributed by atoms with Gasteiger partial charge in [0.2, 0.25) is 0 Å². The molecule has 0 atom stereocenters. The van der Waals surface area contributed by atoms with E-state index in [-0.39, 0.29) is 22.4 Å². The second-order valence-corrected chi connectivity index (χ2v) is 3.96. The van der Waals surface area contributed by atoms with Crippen molar-refractivity contribution in [3.63, 3.8) is 0 Å². The van der Waals surface area contributed by atoms with Crippen molar-refractivity contribution in [2.45, 2.75) is 6.18 Å². The molecule has 100 valence electrons. The van der Waals surface area contributed by atoms with Gasteiger partial charge in [-0.05, 0) is 18.2 Å². The number of alkyl halides is 3. The molecule has 4 nitrogen and oxygen atoms in total. The number of aromatic hydroxyl groups is 1. The summed E-state index contributed by atoms with van der Waals surface area (Å²) in [5.74, 6) is -0.138. The Kier molecular flexibility index (Phi) is 3.48. The van der Waals surface area contributed by atoms with Crippen molar-refractivity contribution < 1.29 is 18.3 Å². The van der Waals surface area contributed by atoms with Gasteiger partial charge in [0.1, 0.15) is 5.82 Å². The molecule has 0 amide bonds. The molecule has 0 spiro atoms. The van der Waals surface area contributed by atoms with E-state index in [4.69, 9.17) is 11.6 Å². The third-order valence-electron chi connectivity index (χ3n) is 2.19. The Morgan fingerprint density at radius 2 is 1.95 bits per heavy atom. The van der Waals surface area contributed by atoms with Gasteiger partial charge in [-0.2, -0.15) is 13.2 Å². The van der Waals surface area contributed by atoms with E-state index in [1.807, 2.05) is 0 Å². The van der Waals surface area contributed by atoms with Crippen LogP contribution in [0.1, 0.15) is 5.56 Å². The average molecular weight is 290 g/mol. The monoisotopic (exact) mass is 289 g/mol. The predicted molar refractivity (Wildman–Crippen MR) is 63.4 cm³/mol. The zero-order valence-electron chi connectivity index (χ0n) is 9.24. The molecule has 2 heterocycles. The van der Waals surface area contributed by atoms with Crippen molar-refractivity contribution in [1.29, 1.82) is 0 Å². The summed E-state index contributed by atoms with van der Waals surface area (Å²) in [6.45, 7) is 0. The van der Waals surface area contributed by atoms with Crippen LogP contribution in [0, 0.1) is 0 Å². The first-order chi connectivity index (χ1) is 8.88. The molecule has 0 aliphatic rings. The molecule has 0 saturated heterocycles. The fraction of sp³-hybridized carbons (Fsp3) is 0.0909. The Hall–Kier alpha value is -2.02. The summed E-state index contributed by atoms with van der Waals surface area (Å²) in [4.78, 5) is 7.37. The third-order valence-corrected chi connectivity index (χ3v) is 2.48. The molecule has 0 saturated carbocycles. The number of anilines is 2. The highest BCUT2D eigenvalue weighted by Crippen LogP contribution is 2.33. The molecule has 0 aliphatic heterocycles. The standard InChI is InChI=1S/C11H7ClF3N3O/c12-7-4-6(11(13,14)15)5-17-9(7)18-10-8(19)2-1-3-16-10/h1-5,19H,(H,16,17,18). The van der Waals surface area contributed by atoms with E-state index < -0.39 is 11.7 Å². The van der Waals surface area contributed by atoms with Crippen molar-refractivity contribution in [3.05, 3.63) is 41.2 Å². The van der Waals surface area contributed by atoms with Crippen molar-refractivity contribution in [1.82, 2.24) is 9.97 Å². The van der Waals surface area contributed by atoms with Gasteiger partial charge in [-0.3, -0.25) is 0 Å². The summed E-state index contributed by atoms with van der Waals surface area (Å²) in [7, 11) is 0. The number of pyridine rings is 2. The fourth-order valence-electron chi connectivity index (χ4n) is 1.29. The van der Waals surface area contributed by atoms with Crippen molar-refractivity contribution in [3.8, 4) is 5.75 Å². The molecule has 2 aromatic rings. The Labute approximate surface area is 110 Å². The lowest BCUT2D eigenvalue weighted by molar-refractivity contribution is -0.137. The van der Waals surface area contributed by atoms with Crippen LogP contribution in [0.15, 0.2) is 30.6 Å². The van der Waals surface area contributed by atoms with E-state index in [0.717, 1.165) is 6.07 Å². The maximum absolute atomic E-state index is 12.4.